The molecule has 0 saturated carbocycles. The molecule has 0 saturated heterocycles. The summed E-state index contributed by atoms with van der Waals surface area (Å²) in [4.78, 5) is 32.3. The number of para-hydroxylation sites is 1. The maximum absolute atomic E-state index is 13.4. The molecule has 6 heteroatoms. The maximum atomic E-state index is 13.4. The summed E-state index contributed by atoms with van der Waals surface area (Å²) in [5, 5.41) is 3.95. The van der Waals surface area contributed by atoms with Gasteiger partial charge in [-0.25, -0.2) is 0 Å². The number of benzene rings is 2. The lowest BCUT2D eigenvalue weighted by Gasteiger charge is -2.30. The van der Waals surface area contributed by atoms with E-state index in [0.717, 1.165) is 22.0 Å². The molecule has 0 radical (unpaired) electrons. The number of carbonyl (C=O) groups is 2. The van der Waals surface area contributed by atoms with Gasteiger partial charge in [-0.2, -0.15) is 0 Å². The van der Waals surface area contributed by atoms with Gasteiger partial charge in [0.05, 0.1) is 17.9 Å². The normalized spacial score (nSPS) is 16.4. The number of fused-ring (bicyclic) bond motifs is 2. The van der Waals surface area contributed by atoms with Crippen LogP contribution in [0, 0.1) is 0 Å². The first kappa shape index (κ1) is 19.1. The first-order valence-electron chi connectivity index (χ1n) is 10.2. The largest absolute Gasteiger partial charge is 0.350 e. The van der Waals surface area contributed by atoms with Crippen LogP contribution in [-0.2, 0) is 11.8 Å². The van der Waals surface area contributed by atoms with Crippen LogP contribution in [0.1, 0.15) is 34.5 Å². The molecule has 154 valence electrons. The molecule has 0 bridgehead atoms. The van der Waals surface area contributed by atoms with E-state index >= 15 is 0 Å². The van der Waals surface area contributed by atoms with E-state index < -0.39 is 6.04 Å². The van der Waals surface area contributed by atoms with Gasteiger partial charge in [-0.3, -0.25) is 14.6 Å². The molecular weight excluding hydrogens is 388 g/mol. The Labute approximate surface area is 180 Å². The highest BCUT2D eigenvalue weighted by Gasteiger charge is 2.43. The van der Waals surface area contributed by atoms with Crippen molar-refractivity contribution in [3.8, 4) is 0 Å². The van der Waals surface area contributed by atoms with Crippen LogP contribution in [0.25, 0.3) is 10.9 Å². The lowest BCUT2D eigenvalue weighted by molar-refractivity contribution is -0.120. The monoisotopic (exact) mass is 410 g/mol. The van der Waals surface area contributed by atoms with Crippen molar-refractivity contribution in [3.05, 3.63) is 95.9 Å². The van der Waals surface area contributed by atoms with Gasteiger partial charge < -0.3 is 14.8 Å². The minimum absolute atomic E-state index is 0.137. The van der Waals surface area contributed by atoms with Gasteiger partial charge in [-0.15, -0.1) is 0 Å². The molecular formula is C25H22N4O2. The molecule has 3 heterocycles. The molecule has 1 aliphatic heterocycles. The van der Waals surface area contributed by atoms with E-state index in [1.807, 2.05) is 43.4 Å². The van der Waals surface area contributed by atoms with Crippen molar-refractivity contribution in [2.24, 2.45) is 7.05 Å². The number of aromatic nitrogens is 2. The first-order chi connectivity index (χ1) is 15.1. The van der Waals surface area contributed by atoms with Gasteiger partial charge in [0.2, 0.25) is 5.91 Å². The van der Waals surface area contributed by atoms with Crippen LogP contribution >= 0.6 is 0 Å². The predicted octanol–water partition coefficient (Wildman–Crippen LogP) is 4.15. The Morgan fingerprint density at radius 2 is 1.81 bits per heavy atom. The topological polar surface area (TPSA) is 67.2 Å². The molecule has 2 aromatic heterocycles. The fourth-order valence-corrected chi connectivity index (χ4v) is 4.45. The third kappa shape index (κ3) is 3.08. The van der Waals surface area contributed by atoms with Crippen molar-refractivity contribution >= 4 is 28.4 Å². The Morgan fingerprint density at radius 3 is 2.61 bits per heavy atom. The fourth-order valence-electron chi connectivity index (χ4n) is 4.45. The van der Waals surface area contributed by atoms with E-state index in [-0.39, 0.29) is 17.9 Å². The molecule has 0 aliphatic carbocycles. The molecule has 2 aromatic carbocycles. The van der Waals surface area contributed by atoms with E-state index in [1.165, 1.54) is 0 Å². The fraction of sp³-hybridized carbons (Fsp3) is 0.160. The zero-order chi connectivity index (χ0) is 21.5. The molecule has 0 spiro atoms. The molecule has 5 rings (SSSR count). The van der Waals surface area contributed by atoms with E-state index in [9.17, 15) is 9.59 Å². The molecule has 1 aliphatic rings. The zero-order valence-corrected chi connectivity index (χ0v) is 17.3. The van der Waals surface area contributed by atoms with Gasteiger partial charge in [0.25, 0.3) is 5.91 Å². The Hall–Kier alpha value is -3.93. The number of anilines is 1. The summed E-state index contributed by atoms with van der Waals surface area (Å²) < 4.78 is 2.06. The number of aryl methyl sites for hydroxylation is 1. The van der Waals surface area contributed by atoms with Crippen molar-refractivity contribution in [2.45, 2.75) is 19.0 Å². The standard InChI is InChI=1S/C25H22N4O2/c1-16(24(30)27-17-8-7-13-26-14-17)29-23(19-10-3-4-11-20(19)25(29)31)21-15-28(2)22-12-6-5-9-18(21)22/h3-16,23H,1-2H3,(H,27,30). The van der Waals surface area contributed by atoms with Crippen LogP contribution in [0.5, 0.6) is 0 Å². The molecule has 2 atom stereocenters. The average Bonchev–Trinajstić information content (AvgIpc) is 3.28. The van der Waals surface area contributed by atoms with E-state index in [0.29, 0.717) is 11.3 Å². The molecule has 6 nitrogen and oxygen atoms in total. The van der Waals surface area contributed by atoms with Crippen molar-refractivity contribution in [1.82, 2.24) is 14.5 Å². The van der Waals surface area contributed by atoms with E-state index in [2.05, 4.69) is 33.2 Å². The number of rotatable bonds is 4. The third-order valence-corrected chi connectivity index (χ3v) is 5.95. The quantitative estimate of drug-likeness (QED) is 0.550. The summed E-state index contributed by atoms with van der Waals surface area (Å²) in [6.07, 6.45) is 5.30. The Bertz CT molecular complexity index is 1300. The summed E-state index contributed by atoms with van der Waals surface area (Å²) >= 11 is 0. The summed E-state index contributed by atoms with van der Waals surface area (Å²) in [6.45, 7) is 1.77. The molecule has 2 unspecified atom stereocenters. The number of amides is 2. The summed E-state index contributed by atoms with van der Waals surface area (Å²) in [5.41, 5.74) is 4.26. The van der Waals surface area contributed by atoms with Crippen LogP contribution in [0.15, 0.2) is 79.3 Å². The highest BCUT2D eigenvalue weighted by molar-refractivity contribution is 6.05. The van der Waals surface area contributed by atoms with Crippen molar-refractivity contribution in [3.63, 3.8) is 0 Å². The highest BCUT2D eigenvalue weighted by Crippen LogP contribution is 2.42. The van der Waals surface area contributed by atoms with Crippen LogP contribution in [-0.4, -0.2) is 32.3 Å². The minimum atomic E-state index is -0.677. The maximum Gasteiger partial charge on any atom is 0.255 e. The second-order valence-corrected chi connectivity index (χ2v) is 7.82. The molecule has 1 N–H and O–H groups in total. The lowest BCUT2D eigenvalue weighted by atomic mass is 9.97. The Morgan fingerprint density at radius 1 is 1.03 bits per heavy atom. The minimum Gasteiger partial charge on any atom is -0.350 e. The van der Waals surface area contributed by atoms with Crippen LogP contribution < -0.4 is 5.32 Å². The number of nitrogens with one attached hydrogen (secondary N) is 1. The third-order valence-electron chi connectivity index (χ3n) is 5.95. The molecule has 2 amide bonds. The second kappa shape index (κ2) is 7.40. The summed E-state index contributed by atoms with van der Waals surface area (Å²) in [5.74, 6) is -0.387. The van der Waals surface area contributed by atoms with E-state index in [1.54, 1.807) is 36.4 Å². The van der Waals surface area contributed by atoms with Gasteiger partial charge >= 0.3 is 0 Å². The number of hydrogen-bond acceptors (Lipinski definition) is 3. The molecule has 4 aromatic rings. The lowest BCUT2D eigenvalue weighted by Crippen LogP contribution is -2.44. The highest BCUT2D eigenvalue weighted by atomic mass is 16.2. The first-order valence-corrected chi connectivity index (χ1v) is 10.2. The van der Waals surface area contributed by atoms with Crippen molar-refractivity contribution < 1.29 is 9.59 Å². The van der Waals surface area contributed by atoms with E-state index in [4.69, 9.17) is 0 Å². The molecule has 0 fully saturated rings. The number of hydrogen-bond donors (Lipinski definition) is 1. The Balaban J connectivity index is 1.60. The van der Waals surface area contributed by atoms with Crippen molar-refractivity contribution in [1.29, 1.82) is 0 Å². The smallest absolute Gasteiger partial charge is 0.255 e. The summed E-state index contributed by atoms with van der Waals surface area (Å²) in [7, 11) is 2.00. The van der Waals surface area contributed by atoms with Gasteiger partial charge in [0.1, 0.15) is 6.04 Å². The number of pyridine rings is 1. The van der Waals surface area contributed by atoms with Gasteiger partial charge in [0.15, 0.2) is 0 Å². The van der Waals surface area contributed by atoms with Crippen LogP contribution in [0.2, 0.25) is 0 Å². The van der Waals surface area contributed by atoms with Gasteiger partial charge in [0, 0.05) is 41.5 Å². The SMILES string of the molecule is CC(C(=O)Nc1cccnc1)N1C(=O)c2ccccc2C1c1cn(C)c2ccccc12. The number of nitrogens with zero attached hydrogens (tertiary/aromatic N) is 3. The molecule has 31 heavy (non-hydrogen) atoms. The average molecular weight is 410 g/mol. The van der Waals surface area contributed by atoms with Crippen LogP contribution in [0.3, 0.4) is 0 Å². The Kier molecular flexibility index (Phi) is 4.55. The number of carbonyl (C=O) groups excluding carboxylic acids is 2. The van der Waals surface area contributed by atoms with Gasteiger partial charge in [-0.1, -0.05) is 36.4 Å². The summed E-state index contributed by atoms with van der Waals surface area (Å²) in [6, 6.07) is 18.3. The van der Waals surface area contributed by atoms with Crippen molar-refractivity contribution in [2.75, 3.05) is 5.32 Å². The predicted molar refractivity (Wildman–Crippen MR) is 120 cm³/mol. The zero-order valence-electron chi connectivity index (χ0n) is 17.3. The van der Waals surface area contributed by atoms with Gasteiger partial charge in [-0.05, 0) is 36.8 Å². The second-order valence-electron chi connectivity index (χ2n) is 7.82. The van der Waals surface area contributed by atoms with Crippen LogP contribution in [0.4, 0.5) is 5.69 Å².